The summed E-state index contributed by atoms with van der Waals surface area (Å²) in [5.74, 6) is 7.61. The van der Waals surface area contributed by atoms with Gasteiger partial charge in [0.05, 0.1) is 18.3 Å². The van der Waals surface area contributed by atoms with Crippen LogP contribution in [0.3, 0.4) is 0 Å². The number of nitrogens with zero attached hydrogens (tertiary/aromatic N) is 1. The number of phenolic OH excluding ortho intramolecular Hbond substituents is 2. The van der Waals surface area contributed by atoms with Gasteiger partial charge in [0.25, 0.3) is 0 Å². The molecule has 2 bridgehead atoms. The number of esters is 2. The summed E-state index contributed by atoms with van der Waals surface area (Å²) in [5, 5.41) is 74.4. The third kappa shape index (κ3) is 12.6. The fourth-order valence-electron chi connectivity index (χ4n) is 22.0. The van der Waals surface area contributed by atoms with Gasteiger partial charge < -0.3 is 61.0 Å². The number of rotatable bonds is 10. The highest BCUT2D eigenvalue weighted by Crippen LogP contribution is 2.67. The van der Waals surface area contributed by atoms with Crippen LogP contribution in [0, 0.1) is 69.0 Å². The molecule has 512 valence electrons. The fourth-order valence-corrected chi connectivity index (χ4v) is 24.8. The molecule has 18 heteroatoms. The number of hydrogen-bond donors (Lipinski definition) is 9. The molecule has 12 aliphatic rings. The molecule has 7 aliphatic carbocycles. The van der Waals surface area contributed by atoms with E-state index in [1.54, 1.807) is 27.7 Å². The van der Waals surface area contributed by atoms with Crippen molar-refractivity contribution in [2.45, 2.75) is 214 Å². The van der Waals surface area contributed by atoms with Crippen molar-refractivity contribution in [3.8, 4) is 29.1 Å². The molecule has 1 amide bonds. The Morgan fingerprint density at radius 1 is 0.883 bits per heavy atom. The Balaban J connectivity index is 0.845. The summed E-state index contributed by atoms with van der Waals surface area (Å²) in [6.45, 7) is 9.73. The van der Waals surface area contributed by atoms with E-state index < -0.39 is 52.7 Å². The summed E-state index contributed by atoms with van der Waals surface area (Å²) in [5.41, 5.74) is -0.559. The van der Waals surface area contributed by atoms with Crippen LogP contribution < -0.4 is 26.0 Å². The number of piperazine rings is 1. The monoisotopic (exact) mass is 1330 g/mol. The van der Waals surface area contributed by atoms with E-state index in [1.165, 1.54) is 12.5 Å². The van der Waals surface area contributed by atoms with Crippen LogP contribution in [0.1, 0.15) is 190 Å². The maximum Gasteiger partial charge on any atom is 0.332 e. The third-order valence-corrected chi connectivity index (χ3v) is 29.2. The number of nitrogens with one attached hydrogen (secondary N) is 4. The van der Waals surface area contributed by atoms with Gasteiger partial charge in [0.2, 0.25) is 5.91 Å². The van der Waals surface area contributed by atoms with Gasteiger partial charge in [-0.1, -0.05) is 95.7 Å². The zero-order chi connectivity index (χ0) is 65.0. The van der Waals surface area contributed by atoms with Gasteiger partial charge in [-0.3, -0.25) is 14.5 Å². The largest absolute Gasteiger partial charge is 0.508 e. The number of benzene rings is 2. The van der Waals surface area contributed by atoms with Crippen molar-refractivity contribution in [3.05, 3.63) is 77.4 Å². The predicted molar refractivity (Wildman–Crippen MR) is 366 cm³/mol. The molecule has 4 saturated heterocycles. The van der Waals surface area contributed by atoms with Gasteiger partial charge in [-0.2, -0.15) is 0 Å². The molecular formula is C76H105N5O11S2. The fraction of sp³-hybridized carbons (Fsp3) is 0.724. The van der Waals surface area contributed by atoms with Crippen LogP contribution in [0.25, 0.3) is 0 Å². The lowest BCUT2D eigenvalue weighted by atomic mass is 9.46. The van der Waals surface area contributed by atoms with Crippen LogP contribution in [0.2, 0.25) is 0 Å². The molecule has 3 saturated carbocycles. The van der Waals surface area contributed by atoms with Gasteiger partial charge >= 0.3 is 11.9 Å². The molecular weight excluding hydrogens is 1220 g/mol. The number of aromatic hydroxyl groups is 2. The molecule has 7 fully saturated rings. The summed E-state index contributed by atoms with van der Waals surface area (Å²) in [6, 6.07) is 11.7. The number of aliphatic hydroxyl groups excluding tert-OH is 2. The molecule has 2 aromatic carbocycles. The second kappa shape index (κ2) is 27.4. The highest BCUT2D eigenvalue weighted by molar-refractivity contribution is 8.76. The van der Waals surface area contributed by atoms with Crippen molar-refractivity contribution in [2.24, 2.45) is 57.2 Å². The number of phenols is 2. The highest BCUT2D eigenvalue weighted by atomic mass is 33.1. The van der Waals surface area contributed by atoms with Crippen molar-refractivity contribution in [1.82, 2.24) is 26.2 Å². The summed E-state index contributed by atoms with van der Waals surface area (Å²) >= 11 is 0. The first-order valence-corrected chi connectivity index (χ1v) is 38.9. The Labute approximate surface area is 565 Å². The van der Waals surface area contributed by atoms with Gasteiger partial charge in [0.1, 0.15) is 23.5 Å². The summed E-state index contributed by atoms with van der Waals surface area (Å²) in [6.07, 6.45) is 23.0. The van der Waals surface area contributed by atoms with Crippen LogP contribution in [-0.4, -0.2) is 160 Å². The van der Waals surface area contributed by atoms with Crippen molar-refractivity contribution >= 4 is 39.4 Å². The van der Waals surface area contributed by atoms with Crippen LogP contribution in [0.5, 0.6) is 17.2 Å². The van der Waals surface area contributed by atoms with Crippen LogP contribution in [0.4, 0.5) is 0 Å². The first-order chi connectivity index (χ1) is 45.5. The van der Waals surface area contributed by atoms with Crippen LogP contribution in [-0.2, 0) is 23.9 Å². The molecule has 2 spiro atoms. The second-order valence-corrected chi connectivity index (χ2v) is 34.3. The quantitative estimate of drug-likeness (QED) is 0.0466. The molecule has 18 unspecified atom stereocenters. The minimum absolute atomic E-state index is 0.0290. The third-order valence-electron chi connectivity index (χ3n) is 26.6. The number of allylic oxidation sites excluding steroid dienone is 1. The van der Waals surface area contributed by atoms with E-state index in [0.29, 0.717) is 120 Å². The lowest BCUT2D eigenvalue weighted by Gasteiger charge is -2.60. The molecule has 2 aromatic rings. The first kappa shape index (κ1) is 66.9. The molecule has 0 aromatic heterocycles. The molecule has 18 atom stereocenters. The number of ether oxygens (including phenoxy) is 3. The zero-order valence-corrected chi connectivity index (χ0v) is 57.3. The normalized spacial score (nSPS) is 40.2. The van der Waals surface area contributed by atoms with Gasteiger partial charge in [-0.25, -0.2) is 4.79 Å². The lowest BCUT2D eigenvalue weighted by Crippen LogP contribution is -2.65. The van der Waals surface area contributed by atoms with Crippen molar-refractivity contribution < 1.29 is 54.1 Å². The van der Waals surface area contributed by atoms with E-state index in [4.69, 9.17) is 14.2 Å². The molecule has 16 nitrogen and oxygen atoms in total. The number of piperidine rings is 2. The van der Waals surface area contributed by atoms with Crippen molar-refractivity contribution in [2.75, 3.05) is 70.5 Å². The number of fused-ring (bicyclic) bond motifs is 6. The Kier molecular flexibility index (Phi) is 19.5. The van der Waals surface area contributed by atoms with Gasteiger partial charge in [0, 0.05) is 141 Å². The average Bonchev–Trinajstić information content (AvgIpc) is 0.808. The molecule has 5 aliphatic heterocycles. The second-order valence-electron chi connectivity index (χ2n) is 31.8. The summed E-state index contributed by atoms with van der Waals surface area (Å²) in [4.78, 5) is 46.6. The standard InChI is InChI=1S/C76H105N5O11S2/c1-48(83)91-64-40-65(92-70(88)76-28-4-3-11-52(76)15-22-66(87)80-76)75(31-33-77-34-32-75)68-50(39-56-59(73(46-82)25-5-6-26-73)42-90-69-63(86)21-19-55(68)67(56)69)9-7-10-51-41-71(2,89)47-94-93-43-60(62(85)20-18-54(51)64)79-45-74-30-24-58-61(81-37-35-78-36-38-81)12-8-27-72(58,44-74)29-23-57(74)49-13-16-53(84)17-14-49/h8,12-14,16-17,19,21,24,30,50-52,54,56-62,64-65,68,77-79,82,84-86,89H,3-6,10-11,15,18,20,22-23,25-29,31-47H2,1-2H3,(H,80,87). The van der Waals surface area contributed by atoms with Crippen molar-refractivity contribution in [1.29, 1.82) is 0 Å². The number of hydrogen-bond acceptors (Lipinski definition) is 17. The number of carbonyl (C=O) groups is 3. The average molecular weight is 1330 g/mol. The number of carbonyl (C=O) groups excluding carboxylic acids is 3. The van der Waals surface area contributed by atoms with E-state index in [0.717, 1.165) is 108 Å². The van der Waals surface area contributed by atoms with E-state index in [1.807, 2.05) is 19.1 Å². The van der Waals surface area contributed by atoms with Gasteiger partial charge in [-0.05, 0) is 175 Å². The lowest BCUT2D eigenvalue weighted by molar-refractivity contribution is -0.183. The summed E-state index contributed by atoms with van der Waals surface area (Å²) < 4.78 is 21.1. The van der Waals surface area contributed by atoms with Crippen LogP contribution in [0.15, 0.2) is 60.7 Å². The summed E-state index contributed by atoms with van der Waals surface area (Å²) in [7, 11) is 3.32. The Bertz CT molecular complexity index is 3210. The number of aliphatic hydroxyl groups is 3. The molecule has 14 rings (SSSR count). The van der Waals surface area contributed by atoms with E-state index in [-0.39, 0.29) is 94.1 Å². The minimum atomic E-state index is -1.21. The van der Waals surface area contributed by atoms with Crippen molar-refractivity contribution in [3.63, 3.8) is 0 Å². The molecule has 9 N–H and O–H groups in total. The maximum absolute atomic E-state index is 16.1. The Morgan fingerprint density at radius 3 is 2.46 bits per heavy atom. The number of amides is 1. The van der Waals surface area contributed by atoms with E-state index >= 15 is 4.79 Å². The topological polar surface area (TPSA) is 231 Å². The Hall–Kier alpha value is -4.29. The minimum Gasteiger partial charge on any atom is -0.508 e. The van der Waals surface area contributed by atoms with Crippen LogP contribution >= 0.6 is 21.6 Å². The predicted octanol–water partition coefficient (Wildman–Crippen LogP) is 9.92. The Morgan fingerprint density at radius 2 is 1.67 bits per heavy atom. The highest BCUT2D eigenvalue weighted by Gasteiger charge is 2.62. The maximum atomic E-state index is 16.1. The molecule has 0 radical (unpaired) electrons. The zero-order valence-electron chi connectivity index (χ0n) is 55.6. The van der Waals surface area contributed by atoms with Gasteiger partial charge in [0.15, 0.2) is 11.5 Å². The van der Waals surface area contributed by atoms with Gasteiger partial charge in [-0.15, -0.1) is 5.92 Å². The first-order valence-electron chi connectivity index (χ1n) is 36.4. The van der Waals surface area contributed by atoms with E-state index in [2.05, 4.69) is 80.5 Å². The SMILES string of the molecule is CC(=O)OC1CC(OC(=O)C23CCCCC2CCC(=O)N3)C2(CCNCC2)C2c3ccc(O)c4c3C(CC2C#CCC2CC(C)(O)CSSCC(NCC35C=CC6C(N7CCNCC7)C=CCC6(CCC3c3ccc(O)cc3)C5)C(O)CCC21)C(C1(CO)CCCC1)CO4. The smallest absolute Gasteiger partial charge is 0.332 e. The van der Waals surface area contributed by atoms with E-state index in [9.17, 15) is 35.1 Å². The molecule has 5 heterocycles. The molecule has 94 heavy (non-hydrogen) atoms.